The first-order valence-electron chi connectivity index (χ1n) is 7.52. The Morgan fingerprint density at radius 3 is 2.55 bits per heavy atom. The summed E-state index contributed by atoms with van der Waals surface area (Å²) in [6.45, 7) is 5.22. The summed E-state index contributed by atoms with van der Waals surface area (Å²) in [7, 11) is -3.51. The van der Waals surface area contributed by atoms with E-state index >= 15 is 0 Å². The molecule has 6 heteroatoms. The topological polar surface area (TPSA) is 63.7 Å². The quantitative estimate of drug-likeness (QED) is 0.776. The fraction of sp³-hybridized carbons (Fsp3) is 0.562. The van der Waals surface area contributed by atoms with Gasteiger partial charge >= 0.3 is 5.97 Å². The molecule has 2 heterocycles. The third kappa shape index (κ3) is 1.57. The van der Waals surface area contributed by atoms with Crippen LogP contribution < -0.4 is 0 Å². The third-order valence-corrected chi connectivity index (χ3v) is 7.73. The van der Waals surface area contributed by atoms with Gasteiger partial charge in [-0.15, -0.1) is 0 Å². The molecule has 3 fully saturated rings. The lowest BCUT2D eigenvalue weighted by Gasteiger charge is -2.52. The molecule has 0 aromatic heterocycles. The average Bonchev–Trinajstić information content (AvgIpc) is 2.85. The Kier molecular flexibility index (Phi) is 2.66. The number of sulfonamides is 1. The van der Waals surface area contributed by atoms with Crippen LogP contribution in [0.25, 0.3) is 0 Å². The van der Waals surface area contributed by atoms with Crippen LogP contribution >= 0.6 is 0 Å². The lowest BCUT2D eigenvalue weighted by atomic mass is 9.47. The summed E-state index contributed by atoms with van der Waals surface area (Å²) in [5, 5.41) is 0. The highest BCUT2D eigenvalue weighted by Gasteiger charge is 2.74. The predicted molar refractivity (Wildman–Crippen MR) is 79.5 cm³/mol. The van der Waals surface area contributed by atoms with E-state index in [2.05, 4.69) is 6.92 Å². The van der Waals surface area contributed by atoms with Crippen molar-refractivity contribution in [3.63, 3.8) is 0 Å². The monoisotopic (exact) mass is 321 g/mol. The van der Waals surface area contributed by atoms with Gasteiger partial charge in [0, 0.05) is 18.5 Å². The van der Waals surface area contributed by atoms with Crippen molar-refractivity contribution in [1.29, 1.82) is 0 Å². The summed E-state index contributed by atoms with van der Waals surface area (Å²) in [5.41, 5.74) is 0.560. The van der Waals surface area contributed by atoms with Crippen LogP contribution in [0.3, 0.4) is 0 Å². The summed E-state index contributed by atoms with van der Waals surface area (Å²) in [6, 6.07) is 6.92. The summed E-state index contributed by atoms with van der Waals surface area (Å²) < 4.78 is 32.5. The summed E-state index contributed by atoms with van der Waals surface area (Å²) in [4.78, 5) is 12.1. The first-order chi connectivity index (χ1) is 10.3. The number of hydrogen-bond acceptors (Lipinski definition) is 4. The number of benzene rings is 1. The summed E-state index contributed by atoms with van der Waals surface area (Å²) in [5.74, 6) is -0.289. The molecule has 3 aliphatic rings. The van der Waals surface area contributed by atoms with Crippen LogP contribution in [-0.4, -0.2) is 38.4 Å². The van der Waals surface area contributed by atoms with Crippen LogP contribution in [0, 0.1) is 23.7 Å². The van der Waals surface area contributed by atoms with Crippen molar-refractivity contribution >= 4 is 16.0 Å². The van der Waals surface area contributed by atoms with Gasteiger partial charge in [-0.2, -0.15) is 4.31 Å². The van der Waals surface area contributed by atoms with E-state index in [1.165, 1.54) is 0 Å². The molecule has 2 saturated heterocycles. The van der Waals surface area contributed by atoms with Gasteiger partial charge in [-0.05, 0) is 30.9 Å². The van der Waals surface area contributed by atoms with Gasteiger partial charge in [-0.25, -0.2) is 8.42 Å². The van der Waals surface area contributed by atoms with E-state index in [0.717, 1.165) is 12.0 Å². The third-order valence-electron chi connectivity index (χ3n) is 5.92. The van der Waals surface area contributed by atoms with Gasteiger partial charge in [0.15, 0.2) is 0 Å². The number of carbonyl (C=O) groups is 1. The molecular formula is C16H19NO4S. The van der Waals surface area contributed by atoms with Gasteiger partial charge in [0.1, 0.15) is 0 Å². The van der Waals surface area contributed by atoms with Crippen molar-refractivity contribution in [1.82, 2.24) is 4.31 Å². The number of rotatable bonds is 2. The minimum absolute atomic E-state index is 0.129. The van der Waals surface area contributed by atoms with Crippen molar-refractivity contribution in [2.45, 2.75) is 25.2 Å². The predicted octanol–water partition coefficient (Wildman–Crippen LogP) is 1.57. The molecule has 1 aromatic rings. The number of hydrogen-bond donors (Lipinski definition) is 0. The van der Waals surface area contributed by atoms with Gasteiger partial charge in [0.05, 0.1) is 17.4 Å². The Morgan fingerprint density at radius 2 is 1.91 bits per heavy atom. The zero-order chi connectivity index (χ0) is 15.8. The maximum atomic E-state index is 12.9. The number of nitrogens with zero attached hydrogens (tertiary/aromatic N) is 1. The SMILES string of the molecule is Cc1ccc(S(=O)(=O)N2CC3(C)CC4C(=O)OCC43C2)cc1. The molecule has 2 aliphatic heterocycles. The standard InChI is InChI=1S/C16H19NO4S/c1-11-3-5-12(6-4-11)22(19,20)17-8-15(2)7-13-14(18)21-10-16(13,15)9-17/h3-6,13H,7-10H2,1-2H3. The number of aryl methyl sites for hydroxylation is 1. The van der Waals surface area contributed by atoms with Gasteiger partial charge in [0.2, 0.25) is 10.0 Å². The molecule has 22 heavy (non-hydrogen) atoms. The molecule has 3 unspecified atom stereocenters. The van der Waals surface area contributed by atoms with Crippen LogP contribution in [0.2, 0.25) is 0 Å². The van der Waals surface area contributed by atoms with E-state index in [9.17, 15) is 13.2 Å². The first kappa shape index (κ1) is 14.2. The first-order valence-corrected chi connectivity index (χ1v) is 8.96. The molecule has 1 spiro atoms. The lowest BCUT2D eigenvalue weighted by molar-refractivity contribution is -0.146. The van der Waals surface area contributed by atoms with Crippen LogP contribution in [0.4, 0.5) is 0 Å². The molecule has 118 valence electrons. The van der Waals surface area contributed by atoms with Crippen LogP contribution in [-0.2, 0) is 19.6 Å². The van der Waals surface area contributed by atoms with Crippen LogP contribution in [0.15, 0.2) is 29.2 Å². The average molecular weight is 321 g/mol. The van der Waals surface area contributed by atoms with Gasteiger partial charge < -0.3 is 4.74 Å². The highest BCUT2D eigenvalue weighted by atomic mass is 32.2. The molecule has 0 bridgehead atoms. The van der Waals surface area contributed by atoms with E-state index in [1.54, 1.807) is 16.4 Å². The van der Waals surface area contributed by atoms with Crippen LogP contribution in [0.1, 0.15) is 18.9 Å². The van der Waals surface area contributed by atoms with Crippen molar-refractivity contribution in [3.05, 3.63) is 29.8 Å². The Balaban J connectivity index is 1.68. The largest absolute Gasteiger partial charge is 0.465 e. The molecule has 1 saturated carbocycles. The maximum absolute atomic E-state index is 12.9. The number of carbonyl (C=O) groups excluding carboxylic acids is 1. The molecular weight excluding hydrogens is 302 g/mol. The molecule has 0 N–H and O–H groups in total. The van der Waals surface area contributed by atoms with Gasteiger partial charge in [-0.3, -0.25) is 4.79 Å². The maximum Gasteiger partial charge on any atom is 0.309 e. The van der Waals surface area contributed by atoms with Crippen LogP contribution in [0.5, 0.6) is 0 Å². The van der Waals surface area contributed by atoms with E-state index in [4.69, 9.17) is 4.74 Å². The highest BCUT2D eigenvalue weighted by Crippen LogP contribution is 2.68. The van der Waals surface area contributed by atoms with E-state index in [-0.39, 0.29) is 22.7 Å². The van der Waals surface area contributed by atoms with E-state index in [0.29, 0.717) is 24.6 Å². The van der Waals surface area contributed by atoms with Gasteiger partial charge in [0.25, 0.3) is 0 Å². The summed E-state index contributed by atoms with van der Waals surface area (Å²) >= 11 is 0. The normalized spacial score (nSPS) is 37.4. The Bertz CT molecular complexity index is 757. The van der Waals surface area contributed by atoms with Crippen molar-refractivity contribution in [2.24, 2.45) is 16.7 Å². The second-order valence-corrected chi connectivity index (χ2v) is 9.11. The van der Waals surface area contributed by atoms with Crippen molar-refractivity contribution in [3.8, 4) is 0 Å². The second-order valence-electron chi connectivity index (χ2n) is 7.17. The second kappa shape index (κ2) is 4.11. The zero-order valence-corrected chi connectivity index (χ0v) is 13.5. The smallest absolute Gasteiger partial charge is 0.309 e. The molecule has 1 aliphatic carbocycles. The number of cyclic esters (lactones) is 1. The number of esters is 1. The minimum atomic E-state index is -3.51. The molecule has 0 radical (unpaired) electrons. The molecule has 3 atom stereocenters. The van der Waals surface area contributed by atoms with Gasteiger partial charge in [-0.1, -0.05) is 24.6 Å². The fourth-order valence-electron chi connectivity index (χ4n) is 4.38. The summed E-state index contributed by atoms with van der Waals surface area (Å²) in [6.07, 6.45) is 0.728. The molecule has 5 nitrogen and oxygen atoms in total. The van der Waals surface area contributed by atoms with E-state index < -0.39 is 10.0 Å². The highest BCUT2D eigenvalue weighted by molar-refractivity contribution is 7.89. The Hall–Kier alpha value is -1.40. The fourth-order valence-corrected chi connectivity index (χ4v) is 6.01. The Morgan fingerprint density at radius 1 is 1.23 bits per heavy atom. The van der Waals surface area contributed by atoms with Crippen molar-refractivity contribution < 1.29 is 17.9 Å². The molecule has 0 amide bonds. The lowest BCUT2D eigenvalue weighted by Crippen LogP contribution is -2.56. The minimum Gasteiger partial charge on any atom is -0.465 e. The molecule has 1 aromatic carbocycles. The Labute approximate surface area is 130 Å². The molecule has 4 rings (SSSR count). The van der Waals surface area contributed by atoms with Crippen molar-refractivity contribution in [2.75, 3.05) is 19.7 Å². The van der Waals surface area contributed by atoms with E-state index in [1.807, 2.05) is 19.1 Å². The zero-order valence-electron chi connectivity index (χ0n) is 12.7. The number of ether oxygens (including phenoxy) is 1.